The number of aryl methyl sites for hydroxylation is 2. The Balaban J connectivity index is 1.52. The molecule has 1 aromatic heterocycles. The molecule has 0 fully saturated rings. The van der Waals surface area contributed by atoms with E-state index < -0.39 is 0 Å². The van der Waals surface area contributed by atoms with Gasteiger partial charge < -0.3 is 5.32 Å². The van der Waals surface area contributed by atoms with E-state index in [4.69, 9.17) is 0 Å². The molecule has 2 aromatic rings. The first-order valence-electron chi connectivity index (χ1n) is 6.45. The summed E-state index contributed by atoms with van der Waals surface area (Å²) in [5.74, 6) is 0.698. The number of rotatable bonds is 4. The first-order chi connectivity index (χ1) is 8.74. The number of nitrogens with one attached hydrogen (secondary N) is 1. The SMILES string of the molecule is Cc1nc(CNCC2Cc3ccccc32)sc1C. The van der Waals surface area contributed by atoms with Crippen LogP contribution in [0.15, 0.2) is 24.3 Å². The smallest absolute Gasteiger partial charge is 0.107 e. The molecule has 0 aliphatic heterocycles. The molecular formula is C15H18N2S. The summed E-state index contributed by atoms with van der Waals surface area (Å²) in [5, 5.41) is 4.74. The molecule has 1 aliphatic carbocycles. The summed E-state index contributed by atoms with van der Waals surface area (Å²) < 4.78 is 0. The summed E-state index contributed by atoms with van der Waals surface area (Å²) in [4.78, 5) is 5.89. The zero-order chi connectivity index (χ0) is 12.5. The standard InChI is InChI=1S/C15H18N2S/c1-10-11(2)18-15(17-10)9-16-8-13-7-12-5-3-4-6-14(12)13/h3-6,13,16H,7-9H2,1-2H3. The molecule has 0 radical (unpaired) electrons. The topological polar surface area (TPSA) is 24.9 Å². The Labute approximate surface area is 112 Å². The molecule has 1 N–H and O–H groups in total. The highest BCUT2D eigenvalue weighted by Crippen LogP contribution is 2.34. The van der Waals surface area contributed by atoms with Crippen LogP contribution in [0.1, 0.15) is 32.6 Å². The third-order valence-corrected chi connectivity index (χ3v) is 4.77. The fourth-order valence-electron chi connectivity index (χ4n) is 2.51. The molecule has 0 saturated carbocycles. The van der Waals surface area contributed by atoms with Crippen molar-refractivity contribution >= 4 is 11.3 Å². The van der Waals surface area contributed by atoms with E-state index in [-0.39, 0.29) is 0 Å². The van der Waals surface area contributed by atoms with Crippen LogP contribution < -0.4 is 5.32 Å². The first-order valence-corrected chi connectivity index (χ1v) is 7.27. The highest BCUT2D eigenvalue weighted by molar-refractivity contribution is 7.11. The zero-order valence-electron chi connectivity index (χ0n) is 10.9. The van der Waals surface area contributed by atoms with Gasteiger partial charge in [-0.05, 0) is 31.4 Å². The van der Waals surface area contributed by atoms with Gasteiger partial charge in [0, 0.05) is 23.9 Å². The number of nitrogens with zero attached hydrogens (tertiary/aromatic N) is 1. The summed E-state index contributed by atoms with van der Waals surface area (Å²) in [6.45, 7) is 6.18. The summed E-state index contributed by atoms with van der Waals surface area (Å²) in [7, 11) is 0. The quantitative estimate of drug-likeness (QED) is 0.911. The van der Waals surface area contributed by atoms with Crippen molar-refractivity contribution in [2.45, 2.75) is 32.7 Å². The summed E-state index contributed by atoms with van der Waals surface area (Å²) in [6, 6.07) is 8.75. The van der Waals surface area contributed by atoms with Gasteiger partial charge in [0.05, 0.1) is 5.69 Å². The number of hydrogen-bond donors (Lipinski definition) is 1. The Morgan fingerprint density at radius 1 is 1.33 bits per heavy atom. The summed E-state index contributed by atoms with van der Waals surface area (Å²) in [5.41, 5.74) is 4.22. The van der Waals surface area contributed by atoms with Gasteiger partial charge in [-0.3, -0.25) is 0 Å². The van der Waals surface area contributed by atoms with Crippen LogP contribution in [0.5, 0.6) is 0 Å². The van der Waals surface area contributed by atoms with Crippen molar-refractivity contribution in [2.75, 3.05) is 6.54 Å². The molecule has 3 heteroatoms. The van der Waals surface area contributed by atoms with Crippen LogP contribution >= 0.6 is 11.3 Å². The van der Waals surface area contributed by atoms with Crippen molar-refractivity contribution < 1.29 is 0 Å². The molecule has 1 aliphatic rings. The fourth-order valence-corrected chi connectivity index (χ4v) is 3.42. The van der Waals surface area contributed by atoms with Crippen LogP contribution in [0.25, 0.3) is 0 Å². The van der Waals surface area contributed by atoms with Crippen LogP contribution in [0.3, 0.4) is 0 Å². The van der Waals surface area contributed by atoms with Gasteiger partial charge in [-0.25, -0.2) is 4.98 Å². The maximum atomic E-state index is 4.55. The Hall–Kier alpha value is -1.19. The lowest BCUT2D eigenvalue weighted by molar-refractivity contribution is 0.535. The van der Waals surface area contributed by atoms with Gasteiger partial charge in [-0.2, -0.15) is 0 Å². The number of fused-ring (bicyclic) bond motifs is 1. The third-order valence-electron chi connectivity index (χ3n) is 3.70. The van der Waals surface area contributed by atoms with Gasteiger partial charge in [0.15, 0.2) is 0 Å². The lowest BCUT2D eigenvalue weighted by atomic mass is 9.78. The first kappa shape index (κ1) is 11.9. The molecule has 0 spiro atoms. The zero-order valence-corrected chi connectivity index (χ0v) is 11.7. The minimum absolute atomic E-state index is 0.698. The lowest BCUT2D eigenvalue weighted by Gasteiger charge is -2.30. The molecule has 18 heavy (non-hydrogen) atoms. The predicted molar refractivity (Wildman–Crippen MR) is 76.2 cm³/mol. The van der Waals surface area contributed by atoms with E-state index in [1.807, 2.05) is 0 Å². The number of benzene rings is 1. The maximum Gasteiger partial charge on any atom is 0.107 e. The Bertz CT molecular complexity index is 540. The van der Waals surface area contributed by atoms with Crippen molar-refractivity contribution in [3.63, 3.8) is 0 Å². The second-order valence-electron chi connectivity index (χ2n) is 4.98. The van der Waals surface area contributed by atoms with Crippen molar-refractivity contribution in [1.82, 2.24) is 10.3 Å². The van der Waals surface area contributed by atoms with Crippen molar-refractivity contribution in [2.24, 2.45) is 0 Å². The molecule has 0 bridgehead atoms. The van der Waals surface area contributed by atoms with Gasteiger partial charge in [0.2, 0.25) is 0 Å². The van der Waals surface area contributed by atoms with Gasteiger partial charge in [-0.15, -0.1) is 11.3 Å². The average Bonchev–Trinajstić information content (AvgIpc) is 2.65. The van der Waals surface area contributed by atoms with E-state index in [0.717, 1.165) is 13.1 Å². The fraction of sp³-hybridized carbons (Fsp3) is 0.400. The predicted octanol–water partition coefficient (Wildman–Crippen LogP) is 3.19. The van der Waals surface area contributed by atoms with Gasteiger partial charge in [-0.1, -0.05) is 24.3 Å². The average molecular weight is 258 g/mol. The molecule has 1 unspecified atom stereocenters. The van der Waals surface area contributed by atoms with E-state index in [1.54, 1.807) is 11.3 Å². The molecule has 3 rings (SSSR count). The second kappa shape index (κ2) is 4.82. The van der Waals surface area contributed by atoms with Crippen molar-refractivity contribution in [1.29, 1.82) is 0 Å². The third kappa shape index (κ3) is 2.20. The molecule has 0 saturated heterocycles. The van der Waals surface area contributed by atoms with Gasteiger partial charge in [0.25, 0.3) is 0 Å². The maximum absolute atomic E-state index is 4.55. The number of aromatic nitrogens is 1. The molecule has 1 atom stereocenters. The Kier molecular flexibility index (Phi) is 3.18. The Morgan fingerprint density at radius 3 is 2.89 bits per heavy atom. The number of hydrogen-bond acceptors (Lipinski definition) is 3. The normalized spacial score (nSPS) is 17.3. The number of thiazole rings is 1. The van der Waals surface area contributed by atoms with E-state index in [1.165, 1.54) is 33.1 Å². The van der Waals surface area contributed by atoms with E-state index in [9.17, 15) is 0 Å². The van der Waals surface area contributed by atoms with Crippen molar-refractivity contribution in [3.05, 3.63) is 51.0 Å². The van der Waals surface area contributed by atoms with Gasteiger partial charge in [0.1, 0.15) is 5.01 Å². The highest BCUT2D eigenvalue weighted by atomic mass is 32.1. The Morgan fingerprint density at radius 2 is 2.17 bits per heavy atom. The monoisotopic (exact) mass is 258 g/mol. The van der Waals surface area contributed by atoms with Crippen LogP contribution in [-0.4, -0.2) is 11.5 Å². The van der Waals surface area contributed by atoms with Crippen molar-refractivity contribution in [3.8, 4) is 0 Å². The molecule has 1 aromatic carbocycles. The second-order valence-corrected chi connectivity index (χ2v) is 6.27. The molecule has 1 heterocycles. The lowest BCUT2D eigenvalue weighted by Crippen LogP contribution is -2.28. The van der Waals surface area contributed by atoms with Gasteiger partial charge >= 0.3 is 0 Å². The largest absolute Gasteiger partial charge is 0.310 e. The van der Waals surface area contributed by atoms with Crippen LogP contribution in [-0.2, 0) is 13.0 Å². The molecule has 94 valence electrons. The van der Waals surface area contributed by atoms with Crippen LogP contribution in [0.2, 0.25) is 0 Å². The van der Waals surface area contributed by atoms with Crippen LogP contribution in [0, 0.1) is 13.8 Å². The molecule has 2 nitrogen and oxygen atoms in total. The van der Waals surface area contributed by atoms with Crippen LogP contribution in [0.4, 0.5) is 0 Å². The van der Waals surface area contributed by atoms with E-state index in [0.29, 0.717) is 5.92 Å². The van der Waals surface area contributed by atoms with E-state index in [2.05, 4.69) is 48.4 Å². The minimum atomic E-state index is 0.698. The molecule has 0 amide bonds. The van der Waals surface area contributed by atoms with E-state index >= 15 is 0 Å². The minimum Gasteiger partial charge on any atom is -0.310 e. The highest BCUT2D eigenvalue weighted by Gasteiger charge is 2.24. The molecular weight excluding hydrogens is 240 g/mol. The summed E-state index contributed by atoms with van der Waals surface area (Å²) >= 11 is 1.80. The summed E-state index contributed by atoms with van der Waals surface area (Å²) in [6.07, 6.45) is 1.22.